The van der Waals surface area contributed by atoms with Gasteiger partial charge in [0.2, 0.25) is 0 Å². The molecule has 3 aromatic heterocycles. The number of hydrogen-bond acceptors (Lipinski definition) is 9. The number of non-ortho nitro benzene ring substituents is 1. The van der Waals surface area contributed by atoms with Gasteiger partial charge in [-0.3, -0.25) is 20.1 Å². The molecule has 0 saturated carbocycles. The number of nitro benzene ring substituents is 1. The first-order valence-corrected chi connectivity index (χ1v) is 11.6. The molecule has 0 saturated heterocycles. The van der Waals surface area contributed by atoms with Crippen LogP contribution in [-0.2, 0) is 4.74 Å². The van der Waals surface area contributed by atoms with E-state index in [0.717, 1.165) is 29.7 Å². The number of methoxy groups -OCH3 is 1. The monoisotopic (exact) mass is 500 g/mol. The molecule has 9 nitrogen and oxygen atoms in total. The van der Waals surface area contributed by atoms with Crippen LogP contribution in [0.5, 0.6) is 17.2 Å². The molecule has 0 bridgehead atoms. The maximum atomic E-state index is 14.2. The number of fused-ring (bicyclic) bond motifs is 1. The van der Waals surface area contributed by atoms with Crippen LogP contribution in [0.2, 0.25) is 0 Å². The van der Waals surface area contributed by atoms with Crippen LogP contribution in [0.1, 0.15) is 13.3 Å². The van der Waals surface area contributed by atoms with E-state index in [2.05, 4.69) is 16.9 Å². The lowest BCUT2D eigenvalue weighted by Crippen LogP contribution is -2.08. The van der Waals surface area contributed by atoms with Gasteiger partial charge in [0.25, 0.3) is 5.69 Å². The van der Waals surface area contributed by atoms with Crippen LogP contribution in [0, 0.1) is 15.9 Å². The molecule has 0 spiro atoms. The zero-order valence-corrected chi connectivity index (χ0v) is 20.1. The maximum Gasteiger partial charge on any atom is 0.272 e. The van der Waals surface area contributed by atoms with Gasteiger partial charge >= 0.3 is 0 Å². The zero-order valence-electron chi connectivity index (χ0n) is 19.3. The largest absolute Gasteiger partial charge is 0.495 e. The van der Waals surface area contributed by atoms with E-state index in [1.165, 1.54) is 23.5 Å². The Labute approximate surface area is 205 Å². The molecule has 0 aliphatic carbocycles. The van der Waals surface area contributed by atoms with Crippen LogP contribution in [0.3, 0.4) is 0 Å². The summed E-state index contributed by atoms with van der Waals surface area (Å²) >= 11 is 1.40. The second-order valence-electron chi connectivity index (χ2n) is 7.09. The first-order valence-electron chi connectivity index (χ1n) is 10.7. The molecule has 0 unspecified atom stereocenters. The van der Waals surface area contributed by atoms with E-state index < -0.39 is 10.7 Å². The Morgan fingerprint density at radius 2 is 1.94 bits per heavy atom. The average Bonchev–Trinajstić information content (AvgIpc) is 3.31. The summed E-state index contributed by atoms with van der Waals surface area (Å²) in [6.07, 6.45) is 4.26. The molecule has 0 fully saturated rings. The van der Waals surface area contributed by atoms with Crippen molar-refractivity contribution in [3.05, 3.63) is 70.8 Å². The number of nitrogens with zero attached hydrogens (tertiary/aromatic N) is 3. The minimum atomic E-state index is -0.812. The third-order valence-electron chi connectivity index (χ3n) is 4.56. The van der Waals surface area contributed by atoms with Crippen LogP contribution >= 0.6 is 11.3 Å². The second kappa shape index (κ2) is 12.7. The fourth-order valence-electron chi connectivity index (χ4n) is 2.90. The number of benzene rings is 1. The van der Waals surface area contributed by atoms with Gasteiger partial charge in [0.15, 0.2) is 11.6 Å². The maximum absolute atomic E-state index is 14.2. The Morgan fingerprint density at radius 1 is 1.11 bits per heavy atom. The minimum absolute atomic E-state index is 0.101. The third kappa shape index (κ3) is 6.92. The van der Waals surface area contributed by atoms with Crippen molar-refractivity contribution in [1.82, 2.24) is 9.97 Å². The number of aromatic nitrogens is 2. The van der Waals surface area contributed by atoms with Crippen molar-refractivity contribution in [2.24, 2.45) is 5.73 Å². The third-order valence-corrected chi connectivity index (χ3v) is 5.72. The van der Waals surface area contributed by atoms with Gasteiger partial charge < -0.3 is 19.9 Å². The fourth-order valence-corrected chi connectivity index (χ4v) is 3.94. The molecule has 35 heavy (non-hydrogen) atoms. The first-order chi connectivity index (χ1) is 17.0. The average molecular weight is 501 g/mol. The highest BCUT2D eigenvalue weighted by Crippen LogP contribution is 2.39. The van der Waals surface area contributed by atoms with E-state index in [-0.39, 0.29) is 11.4 Å². The number of nitro groups is 1. The van der Waals surface area contributed by atoms with E-state index in [4.69, 9.17) is 19.9 Å². The van der Waals surface area contributed by atoms with Gasteiger partial charge in [0.05, 0.1) is 51.7 Å². The summed E-state index contributed by atoms with van der Waals surface area (Å²) in [4.78, 5) is 19.6. The van der Waals surface area contributed by atoms with Crippen molar-refractivity contribution >= 4 is 27.2 Å². The molecular weight excluding hydrogens is 475 g/mol. The van der Waals surface area contributed by atoms with Gasteiger partial charge in [-0.05, 0) is 30.7 Å². The lowest BCUT2D eigenvalue weighted by atomic mass is 10.2. The number of nitrogens with two attached hydrogens (primary N) is 1. The summed E-state index contributed by atoms with van der Waals surface area (Å²) in [6.45, 7) is 4.27. The molecular formula is C24H25FN4O5S. The molecule has 11 heteroatoms. The summed E-state index contributed by atoms with van der Waals surface area (Å²) in [6, 6.07) is 10.4. The van der Waals surface area contributed by atoms with E-state index in [1.54, 1.807) is 25.6 Å². The summed E-state index contributed by atoms with van der Waals surface area (Å²) < 4.78 is 30.7. The predicted octanol–water partition coefficient (Wildman–Crippen LogP) is 5.58. The highest BCUT2D eigenvalue weighted by molar-refractivity contribution is 7.22. The van der Waals surface area contributed by atoms with Crippen molar-refractivity contribution in [3.63, 3.8) is 0 Å². The van der Waals surface area contributed by atoms with Gasteiger partial charge in [-0.15, -0.1) is 11.3 Å². The van der Waals surface area contributed by atoms with Crippen molar-refractivity contribution in [2.75, 3.05) is 26.9 Å². The predicted molar refractivity (Wildman–Crippen MR) is 133 cm³/mol. The SMILES string of the molecule is CCCOCCN.COc1ccc(-c2cc3nccc(Oc4ccc([N+](=O)[O-])cc4F)c3s2)nc1. The number of ether oxygens (including phenoxy) is 3. The van der Waals surface area contributed by atoms with E-state index in [1.807, 2.05) is 18.2 Å². The molecule has 0 aliphatic rings. The van der Waals surface area contributed by atoms with Crippen LogP contribution in [0.15, 0.2) is 54.9 Å². The molecule has 3 heterocycles. The quantitative estimate of drug-likeness (QED) is 0.180. The number of rotatable bonds is 9. The minimum Gasteiger partial charge on any atom is -0.495 e. The number of halogens is 1. The van der Waals surface area contributed by atoms with E-state index >= 15 is 0 Å². The Hall–Kier alpha value is -3.67. The highest BCUT2D eigenvalue weighted by atomic mass is 32.1. The zero-order chi connectivity index (χ0) is 25.2. The second-order valence-corrected chi connectivity index (χ2v) is 8.14. The summed E-state index contributed by atoms with van der Waals surface area (Å²) in [7, 11) is 1.57. The Balaban J connectivity index is 0.000000429. The molecule has 4 aromatic rings. The summed E-state index contributed by atoms with van der Waals surface area (Å²) in [5.41, 5.74) is 6.23. The van der Waals surface area contributed by atoms with E-state index in [9.17, 15) is 14.5 Å². The van der Waals surface area contributed by atoms with Crippen molar-refractivity contribution in [3.8, 4) is 27.8 Å². The fraction of sp³-hybridized carbons (Fsp3) is 0.250. The van der Waals surface area contributed by atoms with Crippen molar-refractivity contribution < 1.29 is 23.5 Å². The lowest BCUT2D eigenvalue weighted by molar-refractivity contribution is -0.385. The standard InChI is InChI=1S/C19H12FN3O4S.C5H13NO/c1-26-12-3-4-14(22-10-12)18-9-15-19(28-18)17(6-7-21-15)27-16-5-2-11(23(24)25)8-13(16)20;1-2-4-7-5-3-6/h2-10H,1H3;2-6H2,1H3. The van der Waals surface area contributed by atoms with Crippen LogP contribution in [-0.4, -0.2) is 41.8 Å². The lowest BCUT2D eigenvalue weighted by Gasteiger charge is -2.07. The van der Waals surface area contributed by atoms with Gasteiger partial charge in [0.1, 0.15) is 11.5 Å². The van der Waals surface area contributed by atoms with Crippen molar-refractivity contribution in [1.29, 1.82) is 0 Å². The van der Waals surface area contributed by atoms with Gasteiger partial charge in [-0.1, -0.05) is 6.92 Å². The van der Waals surface area contributed by atoms with Gasteiger partial charge in [-0.25, -0.2) is 4.39 Å². The summed E-state index contributed by atoms with van der Waals surface area (Å²) in [5, 5.41) is 10.8. The molecule has 1 aromatic carbocycles. The van der Waals surface area contributed by atoms with Crippen LogP contribution < -0.4 is 15.2 Å². The van der Waals surface area contributed by atoms with Gasteiger partial charge in [0, 0.05) is 31.5 Å². The van der Waals surface area contributed by atoms with Crippen molar-refractivity contribution in [2.45, 2.75) is 13.3 Å². The molecule has 0 atom stereocenters. The number of hydrogen-bond donors (Lipinski definition) is 1. The molecule has 0 aliphatic heterocycles. The normalized spacial score (nSPS) is 10.5. The summed E-state index contributed by atoms with van der Waals surface area (Å²) in [5.74, 6) is 0.145. The molecule has 0 amide bonds. The molecule has 184 valence electrons. The topological polar surface area (TPSA) is 123 Å². The molecule has 4 rings (SSSR count). The smallest absolute Gasteiger partial charge is 0.272 e. The molecule has 0 radical (unpaired) electrons. The number of thiophene rings is 1. The van der Waals surface area contributed by atoms with Crippen LogP contribution in [0.25, 0.3) is 20.8 Å². The highest BCUT2D eigenvalue weighted by Gasteiger charge is 2.15. The van der Waals surface area contributed by atoms with E-state index in [0.29, 0.717) is 34.9 Å². The molecule has 2 N–H and O–H groups in total. The van der Waals surface area contributed by atoms with Crippen LogP contribution in [0.4, 0.5) is 10.1 Å². The van der Waals surface area contributed by atoms with Gasteiger partial charge in [-0.2, -0.15) is 0 Å². The Kier molecular flexibility index (Phi) is 9.41. The Bertz CT molecular complexity index is 1260. The number of pyridine rings is 2. The Morgan fingerprint density at radius 3 is 2.57 bits per heavy atom. The first kappa shape index (κ1) is 25.9.